The molecule has 3 saturated heterocycles. The van der Waals surface area contributed by atoms with E-state index in [-0.39, 0.29) is 30.3 Å². The number of likely N-dealkylation sites (N-methyl/N-ethyl adjacent to an activating group) is 1. The fourth-order valence-corrected chi connectivity index (χ4v) is 9.20. The first-order valence-corrected chi connectivity index (χ1v) is 18.5. The van der Waals surface area contributed by atoms with Gasteiger partial charge in [-0.1, -0.05) is 24.3 Å². The van der Waals surface area contributed by atoms with Crippen molar-refractivity contribution in [1.82, 2.24) is 38.5 Å². The van der Waals surface area contributed by atoms with Crippen molar-refractivity contribution in [1.29, 1.82) is 0 Å². The highest BCUT2D eigenvalue weighted by molar-refractivity contribution is 14.1. The number of alkyl halides is 2. The van der Waals surface area contributed by atoms with E-state index in [2.05, 4.69) is 32.4 Å². The average Bonchev–Trinajstić information content (AvgIpc) is 3.72. The van der Waals surface area contributed by atoms with Gasteiger partial charge in [-0.15, -0.1) is 5.10 Å². The number of halogens is 2. The second-order valence-electron chi connectivity index (χ2n) is 12.8. The highest BCUT2D eigenvalue weighted by Gasteiger charge is 2.46. The van der Waals surface area contributed by atoms with Gasteiger partial charge in [0.2, 0.25) is 21.9 Å². The van der Waals surface area contributed by atoms with Crippen LogP contribution in [-0.2, 0) is 30.8 Å². The van der Waals surface area contributed by atoms with E-state index in [1.165, 1.54) is 6.92 Å². The van der Waals surface area contributed by atoms with Crippen molar-refractivity contribution < 1.29 is 17.6 Å². The van der Waals surface area contributed by atoms with Gasteiger partial charge in [0.05, 0.1) is 23.3 Å². The summed E-state index contributed by atoms with van der Waals surface area (Å²) in [6.07, 6.45) is 6.83. The first-order chi connectivity index (χ1) is 22.4. The van der Waals surface area contributed by atoms with Gasteiger partial charge in [0.25, 0.3) is 0 Å². The van der Waals surface area contributed by atoms with Crippen LogP contribution in [0, 0.1) is 0 Å². The van der Waals surface area contributed by atoms with Gasteiger partial charge < -0.3 is 20.0 Å². The Morgan fingerprint density at radius 3 is 2.47 bits per heavy atom. The number of piperazine rings is 2. The van der Waals surface area contributed by atoms with Crippen molar-refractivity contribution in [3.8, 4) is 0 Å². The number of carbonyl (C=O) groups is 1. The highest BCUT2D eigenvalue weighted by atomic mass is 127. The van der Waals surface area contributed by atoms with Crippen molar-refractivity contribution in [2.75, 3.05) is 56.5 Å². The quantitative estimate of drug-likeness (QED) is 0.202. The Labute approximate surface area is 286 Å². The van der Waals surface area contributed by atoms with Crippen LogP contribution in [0.4, 0.5) is 21.7 Å². The maximum absolute atomic E-state index is 14.3. The molecule has 0 radical (unpaired) electrons. The molecule has 13 nitrogen and oxygen atoms in total. The Balaban J connectivity index is 1.02. The van der Waals surface area contributed by atoms with Crippen LogP contribution in [0.5, 0.6) is 0 Å². The standard InChI is InChI=1S/C31H38FIN10O3S/c1-31(32,33)23-7-5-22(6-8-23)21-47(45,46)43-25-9-10-26(43)19-40(18-25)27-4-3-11-42-29(27)36-30(37-42)35-24-16-34-41(17-24)20-28(44)39-14-12-38(2)13-15-39/h3-8,11,16-17,25-26H,9-10,12-15,18-21H2,1-2H3,(H,35,37). The topological polar surface area (TPSA) is 124 Å². The molecule has 47 heavy (non-hydrogen) atoms. The number of pyridine rings is 1. The molecule has 3 aliphatic rings. The minimum Gasteiger partial charge on any atom is -0.365 e. The molecule has 1 N–H and O–H groups in total. The monoisotopic (exact) mass is 776 g/mol. The maximum Gasteiger partial charge on any atom is 0.247 e. The molecular formula is C31H38FIN10O3S. The fourth-order valence-electron chi connectivity index (χ4n) is 6.82. The molecule has 250 valence electrons. The highest BCUT2D eigenvalue weighted by Crippen LogP contribution is 2.37. The molecule has 16 heteroatoms. The van der Waals surface area contributed by atoms with Crippen LogP contribution in [0.25, 0.3) is 5.65 Å². The van der Waals surface area contributed by atoms with E-state index in [4.69, 9.17) is 4.98 Å². The summed E-state index contributed by atoms with van der Waals surface area (Å²) in [5, 5.41) is 12.2. The van der Waals surface area contributed by atoms with Crippen molar-refractivity contribution in [2.45, 2.75) is 47.8 Å². The average molecular weight is 777 g/mol. The number of amides is 1. The van der Waals surface area contributed by atoms with E-state index in [0.29, 0.717) is 41.5 Å². The van der Waals surface area contributed by atoms with Crippen molar-refractivity contribution in [2.24, 2.45) is 0 Å². The summed E-state index contributed by atoms with van der Waals surface area (Å²) < 4.78 is 45.1. The van der Waals surface area contributed by atoms with Crippen LogP contribution >= 0.6 is 22.6 Å². The minimum atomic E-state index is -3.58. The Morgan fingerprint density at radius 2 is 1.79 bits per heavy atom. The molecule has 6 heterocycles. The maximum atomic E-state index is 14.3. The lowest BCUT2D eigenvalue weighted by Crippen LogP contribution is -2.56. The number of anilines is 3. The third kappa shape index (κ3) is 6.82. The minimum absolute atomic E-state index is 0.0428. The number of carbonyl (C=O) groups excluding carboxylic acids is 1. The zero-order valence-corrected chi connectivity index (χ0v) is 29.3. The molecule has 0 aliphatic carbocycles. The molecule has 0 saturated carbocycles. The summed E-state index contributed by atoms with van der Waals surface area (Å²) in [6, 6.07) is 10.3. The summed E-state index contributed by atoms with van der Waals surface area (Å²) in [7, 11) is -1.52. The molecule has 3 aromatic heterocycles. The Hall–Kier alpha value is -3.35. The van der Waals surface area contributed by atoms with E-state index in [1.54, 1.807) is 72.8 Å². The van der Waals surface area contributed by atoms with Crippen molar-refractivity contribution in [3.63, 3.8) is 0 Å². The van der Waals surface area contributed by atoms with Gasteiger partial charge >= 0.3 is 0 Å². The number of hydrogen-bond acceptors (Lipinski definition) is 9. The zero-order valence-electron chi connectivity index (χ0n) is 26.3. The Bertz CT molecular complexity index is 1850. The van der Waals surface area contributed by atoms with Crippen LogP contribution in [0.3, 0.4) is 0 Å². The Morgan fingerprint density at radius 1 is 1.09 bits per heavy atom. The molecule has 1 aromatic carbocycles. The largest absolute Gasteiger partial charge is 0.365 e. The van der Waals surface area contributed by atoms with Gasteiger partial charge in [0, 0.05) is 63.7 Å². The smallest absolute Gasteiger partial charge is 0.247 e. The molecule has 2 bridgehead atoms. The number of benzene rings is 1. The van der Waals surface area contributed by atoms with Gasteiger partial charge in [-0.3, -0.25) is 9.48 Å². The summed E-state index contributed by atoms with van der Waals surface area (Å²) >= 11 is 1.73. The summed E-state index contributed by atoms with van der Waals surface area (Å²) in [5.74, 6) is 0.328. The number of rotatable bonds is 9. The van der Waals surface area contributed by atoms with Crippen LogP contribution in [0.2, 0.25) is 0 Å². The third-order valence-electron chi connectivity index (χ3n) is 9.27. The normalized spacial score (nSPS) is 22.1. The molecule has 3 aliphatic heterocycles. The van der Waals surface area contributed by atoms with Crippen LogP contribution in [0.15, 0.2) is 55.0 Å². The predicted molar refractivity (Wildman–Crippen MR) is 185 cm³/mol. The van der Waals surface area contributed by atoms with Gasteiger partial charge in [-0.2, -0.15) is 14.4 Å². The lowest BCUT2D eigenvalue weighted by atomic mass is 10.1. The van der Waals surface area contributed by atoms with Crippen molar-refractivity contribution >= 4 is 61.5 Å². The fraction of sp³-hybridized carbons (Fsp3) is 0.484. The second kappa shape index (κ2) is 12.6. The summed E-state index contributed by atoms with van der Waals surface area (Å²) in [4.78, 5) is 23.8. The zero-order chi connectivity index (χ0) is 32.9. The lowest BCUT2D eigenvalue weighted by Gasteiger charge is -2.41. The van der Waals surface area contributed by atoms with Gasteiger partial charge in [0.1, 0.15) is 6.54 Å². The Kier molecular flexibility index (Phi) is 8.63. The van der Waals surface area contributed by atoms with Gasteiger partial charge in [-0.25, -0.2) is 17.3 Å². The SMILES string of the molecule is CN1CCN(C(=O)Cn2cc(Nc3nc4c(N5CC6CCC(C5)N6S(=O)(=O)Cc5ccc(C(C)(F)I)cc5)cccn4n3)cn2)CC1. The third-order valence-corrected chi connectivity index (χ3v) is 11.8. The number of fused-ring (bicyclic) bond motifs is 3. The molecule has 4 aromatic rings. The van der Waals surface area contributed by atoms with Crippen LogP contribution in [0.1, 0.15) is 30.9 Å². The van der Waals surface area contributed by atoms with E-state index in [9.17, 15) is 17.6 Å². The summed E-state index contributed by atoms with van der Waals surface area (Å²) in [6.45, 7) is 5.92. The van der Waals surface area contributed by atoms with E-state index in [0.717, 1.165) is 44.7 Å². The molecule has 3 fully saturated rings. The number of hydrogen-bond donors (Lipinski definition) is 1. The first-order valence-electron chi connectivity index (χ1n) is 15.8. The van der Waals surface area contributed by atoms with Crippen molar-refractivity contribution in [3.05, 3.63) is 66.1 Å². The number of nitrogens with one attached hydrogen (secondary N) is 1. The number of aromatic nitrogens is 5. The van der Waals surface area contributed by atoms with Gasteiger partial charge in [0.15, 0.2) is 9.32 Å². The van der Waals surface area contributed by atoms with Crippen LogP contribution in [-0.4, -0.2) is 111 Å². The van der Waals surface area contributed by atoms with E-state index in [1.807, 2.05) is 23.2 Å². The molecule has 0 spiro atoms. The summed E-state index contributed by atoms with van der Waals surface area (Å²) in [5.41, 5.74) is 3.39. The number of sulfonamides is 1. The lowest BCUT2D eigenvalue weighted by molar-refractivity contribution is -0.133. The first kappa shape index (κ1) is 32.2. The molecule has 7 rings (SSSR count). The molecule has 1 amide bonds. The second-order valence-corrected chi connectivity index (χ2v) is 16.7. The van der Waals surface area contributed by atoms with Gasteiger partial charge in [-0.05, 0) is 72.7 Å². The van der Waals surface area contributed by atoms with E-state index >= 15 is 0 Å². The number of nitrogens with zero attached hydrogens (tertiary/aromatic N) is 9. The predicted octanol–water partition coefficient (Wildman–Crippen LogP) is 3.20. The molecular weight excluding hydrogens is 738 g/mol. The molecule has 3 unspecified atom stereocenters. The van der Waals surface area contributed by atoms with E-state index < -0.39 is 13.7 Å². The molecule has 3 atom stereocenters. The van der Waals surface area contributed by atoms with Crippen LogP contribution < -0.4 is 10.2 Å².